The van der Waals surface area contributed by atoms with Gasteiger partial charge in [-0.1, -0.05) is 6.07 Å². The number of furan rings is 1. The number of hydrogen-bond acceptors (Lipinski definition) is 4. The van der Waals surface area contributed by atoms with Gasteiger partial charge in [-0.25, -0.2) is 4.79 Å². The normalized spacial score (nSPS) is 9.11. The molecule has 6 nitrogen and oxygen atoms in total. The van der Waals surface area contributed by atoms with E-state index in [9.17, 15) is 9.59 Å². The number of nitrogen functional groups attached to an aromatic ring is 1. The molecule has 0 saturated carbocycles. The number of aromatic carboxylic acids is 1. The van der Waals surface area contributed by atoms with Gasteiger partial charge in [-0.3, -0.25) is 4.79 Å². The molecular formula is C12H12N2O4. The summed E-state index contributed by atoms with van der Waals surface area (Å²) in [6.07, 6.45) is 1.32. The Kier molecular flexibility index (Phi) is 4.50. The van der Waals surface area contributed by atoms with Crippen molar-refractivity contribution in [3.05, 3.63) is 54.0 Å². The Hall–Kier alpha value is -2.76. The molecule has 0 radical (unpaired) electrons. The molecule has 0 atom stereocenters. The first kappa shape index (κ1) is 13.3. The van der Waals surface area contributed by atoms with Gasteiger partial charge >= 0.3 is 5.97 Å². The molecule has 1 amide bonds. The minimum absolute atomic E-state index is 0.0231. The predicted molar refractivity (Wildman–Crippen MR) is 65.0 cm³/mol. The van der Waals surface area contributed by atoms with Crippen LogP contribution in [0, 0.1) is 0 Å². The summed E-state index contributed by atoms with van der Waals surface area (Å²) in [5.41, 5.74) is 11.4. The van der Waals surface area contributed by atoms with Crippen LogP contribution in [0.15, 0.2) is 47.1 Å². The van der Waals surface area contributed by atoms with Gasteiger partial charge in [0.25, 0.3) is 0 Å². The number of carbonyl (C=O) groups is 2. The van der Waals surface area contributed by atoms with Gasteiger partial charge in [0.2, 0.25) is 11.7 Å². The third-order valence-corrected chi connectivity index (χ3v) is 1.90. The summed E-state index contributed by atoms with van der Waals surface area (Å²) in [4.78, 5) is 20.5. The number of primary amides is 1. The zero-order chi connectivity index (χ0) is 13.5. The molecule has 0 spiro atoms. The van der Waals surface area contributed by atoms with Crippen molar-refractivity contribution in [3.63, 3.8) is 0 Å². The van der Waals surface area contributed by atoms with Gasteiger partial charge in [0.05, 0.1) is 6.26 Å². The molecule has 2 aromatic rings. The van der Waals surface area contributed by atoms with E-state index in [0.29, 0.717) is 11.3 Å². The fraction of sp³-hybridized carbons (Fsp3) is 0. The molecule has 0 aliphatic rings. The second kappa shape index (κ2) is 6.09. The summed E-state index contributed by atoms with van der Waals surface area (Å²) in [5, 5.41) is 8.18. The van der Waals surface area contributed by atoms with Crippen molar-refractivity contribution in [1.82, 2.24) is 0 Å². The number of carboxylic acid groups (broad SMARTS) is 1. The minimum atomic E-state index is -1.03. The summed E-state index contributed by atoms with van der Waals surface area (Å²) < 4.78 is 4.50. The number of hydrogen-bond donors (Lipinski definition) is 3. The molecule has 1 aromatic heterocycles. The molecule has 0 bridgehead atoms. The van der Waals surface area contributed by atoms with Crippen molar-refractivity contribution in [2.75, 3.05) is 5.73 Å². The van der Waals surface area contributed by atoms with E-state index >= 15 is 0 Å². The van der Waals surface area contributed by atoms with Crippen LogP contribution in [0.1, 0.15) is 20.9 Å². The van der Waals surface area contributed by atoms with Gasteiger partial charge in [0.15, 0.2) is 0 Å². The highest BCUT2D eigenvalue weighted by Crippen LogP contribution is 2.04. The third-order valence-electron chi connectivity index (χ3n) is 1.90. The molecule has 0 fully saturated rings. The van der Waals surface area contributed by atoms with Crippen LogP contribution in [0.5, 0.6) is 0 Å². The molecule has 1 aromatic carbocycles. The van der Waals surface area contributed by atoms with E-state index in [0.717, 1.165) is 0 Å². The number of amides is 1. The minimum Gasteiger partial charge on any atom is -0.475 e. The Balaban J connectivity index is 0.000000184. The molecule has 0 aliphatic carbocycles. The first-order chi connectivity index (χ1) is 8.50. The highest BCUT2D eigenvalue weighted by atomic mass is 16.4. The van der Waals surface area contributed by atoms with E-state index in [2.05, 4.69) is 4.42 Å². The van der Waals surface area contributed by atoms with Crippen LogP contribution in [-0.2, 0) is 0 Å². The first-order valence-corrected chi connectivity index (χ1v) is 4.93. The Morgan fingerprint density at radius 3 is 2.22 bits per heavy atom. The van der Waals surface area contributed by atoms with E-state index in [1.807, 2.05) is 0 Å². The number of benzene rings is 1. The molecule has 0 aliphatic heterocycles. The third kappa shape index (κ3) is 4.01. The molecule has 5 N–H and O–H groups in total. The summed E-state index contributed by atoms with van der Waals surface area (Å²) in [7, 11) is 0. The van der Waals surface area contributed by atoms with Gasteiger partial charge in [-0.15, -0.1) is 0 Å². The van der Waals surface area contributed by atoms with Crippen molar-refractivity contribution >= 4 is 17.6 Å². The maximum absolute atomic E-state index is 10.5. The second-order valence-corrected chi connectivity index (χ2v) is 3.27. The molecule has 6 heteroatoms. The Labute approximate surface area is 103 Å². The molecule has 0 unspecified atom stereocenters. The monoisotopic (exact) mass is 248 g/mol. The Morgan fingerprint density at radius 1 is 1.17 bits per heavy atom. The lowest BCUT2D eigenvalue weighted by atomic mass is 10.2. The Bertz CT molecular complexity index is 535. The van der Waals surface area contributed by atoms with Gasteiger partial charge in [0, 0.05) is 11.3 Å². The van der Waals surface area contributed by atoms with Crippen LogP contribution >= 0.6 is 0 Å². The van der Waals surface area contributed by atoms with Gasteiger partial charge in [0.1, 0.15) is 0 Å². The molecule has 2 rings (SSSR count). The highest BCUT2D eigenvalue weighted by Gasteiger charge is 2.01. The fourth-order valence-electron chi connectivity index (χ4n) is 1.09. The number of nitrogens with two attached hydrogens (primary N) is 2. The van der Waals surface area contributed by atoms with Crippen LogP contribution in [0.4, 0.5) is 5.69 Å². The summed E-state index contributed by atoms with van der Waals surface area (Å²) in [6, 6.07) is 9.48. The molecule has 0 saturated heterocycles. The summed E-state index contributed by atoms with van der Waals surface area (Å²) in [6.45, 7) is 0. The maximum atomic E-state index is 10.5. The van der Waals surface area contributed by atoms with Crippen LogP contribution in [0.25, 0.3) is 0 Å². The van der Waals surface area contributed by atoms with Crippen LogP contribution in [-0.4, -0.2) is 17.0 Å². The predicted octanol–water partition coefficient (Wildman–Crippen LogP) is 1.35. The number of anilines is 1. The highest BCUT2D eigenvalue weighted by molar-refractivity contribution is 5.93. The largest absolute Gasteiger partial charge is 0.475 e. The van der Waals surface area contributed by atoms with E-state index < -0.39 is 11.9 Å². The van der Waals surface area contributed by atoms with Crippen molar-refractivity contribution in [2.45, 2.75) is 0 Å². The van der Waals surface area contributed by atoms with E-state index in [1.54, 1.807) is 24.3 Å². The molecule has 1 heterocycles. The number of rotatable bonds is 2. The second-order valence-electron chi connectivity index (χ2n) is 3.27. The average Bonchev–Trinajstić information content (AvgIpc) is 2.83. The quantitative estimate of drug-likeness (QED) is 0.693. The van der Waals surface area contributed by atoms with E-state index in [4.69, 9.17) is 16.6 Å². The smallest absolute Gasteiger partial charge is 0.371 e. The van der Waals surface area contributed by atoms with E-state index in [1.165, 1.54) is 18.4 Å². The number of carbonyl (C=O) groups excluding carboxylic acids is 1. The number of carboxylic acids is 1. The molecular weight excluding hydrogens is 236 g/mol. The lowest BCUT2D eigenvalue weighted by molar-refractivity contribution is 0.0662. The lowest BCUT2D eigenvalue weighted by Crippen LogP contribution is -2.10. The standard InChI is InChI=1S/C7H8N2O.C5H4O3/c8-6-3-1-2-5(4-6)7(9)10;6-5(7)4-2-1-3-8-4/h1-4H,8H2,(H2,9,10);1-3H,(H,6,7). The van der Waals surface area contributed by atoms with Crippen molar-refractivity contribution in [1.29, 1.82) is 0 Å². The first-order valence-electron chi connectivity index (χ1n) is 4.93. The topological polar surface area (TPSA) is 120 Å². The zero-order valence-electron chi connectivity index (χ0n) is 9.37. The summed E-state index contributed by atoms with van der Waals surface area (Å²) in [5.74, 6) is -1.51. The average molecular weight is 248 g/mol. The summed E-state index contributed by atoms with van der Waals surface area (Å²) >= 11 is 0. The van der Waals surface area contributed by atoms with Gasteiger partial charge < -0.3 is 21.0 Å². The lowest BCUT2D eigenvalue weighted by Gasteiger charge is -1.94. The SMILES string of the molecule is NC(=O)c1cccc(N)c1.O=C(O)c1ccco1. The van der Waals surface area contributed by atoms with Gasteiger partial charge in [-0.05, 0) is 30.3 Å². The molecule has 94 valence electrons. The zero-order valence-corrected chi connectivity index (χ0v) is 9.37. The van der Waals surface area contributed by atoms with Crippen molar-refractivity contribution in [3.8, 4) is 0 Å². The fourth-order valence-corrected chi connectivity index (χ4v) is 1.09. The molecule has 18 heavy (non-hydrogen) atoms. The van der Waals surface area contributed by atoms with Crippen molar-refractivity contribution in [2.24, 2.45) is 5.73 Å². The van der Waals surface area contributed by atoms with Crippen molar-refractivity contribution < 1.29 is 19.1 Å². The van der Waals surface area contributed by atoms with E-state index in [-0.39, 0.29) is 5.76 Å². The Morgan fingerprint density at radius 2 is 1.89 bits per heavy atom. The van der Waals surface area contributed by atoms with Crippen LogP contribution in [0.3, 0.4) is 0 Å². The van der Waals surface area contributed by atoms with Gasteiger partial charge in [-0.2, -0.15) is 0 Å². The maximum Gasteiger partial charge on any atom is 0.371 e. The van der Waals surface area contributed by atoms with Crippen LogP contribution in [0.2, 0.25) is 0 Å². The van der Waals surface area contributed by atoms with Crippen LogP contribution < -0.4 is 11.5 Å².